The van der Waals surface area contributed by atoms with Crippen LogP contribution in [-0.2, 0) is 11.3 Å². The fraction of sp³-hybridized carbons (Fsp3) is 0.286. The van der Waals surface area contributed by atoms with Gasteiger partial charge in [0.05, 0.1) is 12.3 Å². The number of aryl methyl sites for hydroxylation is 2. The molecule has 4 heteroatoms. The molecular formula is C14H17N3O. The Balaban J connectivity index is 2.49. The van der Waals surface area contributed by atoms with Crippen molar-refractivity contribution in [1.82, 2.24) is 9.97 Å². The van der Waals surface area contributed by atoms with Crippen LogP contribution in [0.3, 0.4) is 0 Å². The maximum Gasteiger partial charge on any atom is 0.162 e. The molecule has 0 bridgehead atoms. The van der Waals surface area contributed by atoms with Crippen molar-refractivity contribution in [3.8, 4) is 11.4 Å². The molecule has 0 aliphatic rings. The molecule has 2 aromatic rings. The lowest BCUT2D eigenvalue weighted by molar-refractivity contribution is 0.181. The number of ether oxygens (including phenoxy) is 1. The Bertz CT molecular complexity index is 567. The summed E-state index contributed by atoms with van der Waals surface area (Å²) in [6.45, 7) is 4.54. The fourth-order valence-corrected chi connectivity index (χ4v) is 1.93. The second-order valence-corrected chi connectivity index (χ2v) is 4.36. The number of nitrogen functional groups attached to an aromatic ring is 1. The number of hydrogen-bond donors (Lipinski definition) is 1. The lowest BCUT2D eigenvalue weighted by Gasteiger charge is -2.08. The van der Waals surface area contributed by atoms with Gasteiger partial charge in [0.15, 0.2) is 5.82 Å². The number of methoxy groups -OCH3 is 1. The van der Waals surface area contributed by atoms with E-state index < -0.39 is 0 Å². The molecule has 94 valence electrons. The van der Waals surface area contributed by atoms with E-state index in [2.05, 4.69) is 23.0 Å². The van der Waals surface area contributed by atoms with Crippen LogP contribution in [0.1, 0.15) is 16.8 Å². The van der Waals surface area contributed by atoms with Crippen LogP contribution in [0.2, 0.25) is 0 Å². The van der Waals surface area contributed by atoms with Gasteiger partial charge in [0.25, 0.3) is 0 Å². The van der Waals surface area contributed by atoms with Crippen LogP contribution in [-0.4, -0.2) is 17.1 Å². The van der Waals surface area contributed by atoms with Gasteiger partial charge in [-0.2, -0.15) is 0 Å². The van der Waals surface area contributed by atoms with E-state index in [1.54, 1.807) is 13.2 Å². The van der Waals surface area contributed by atoms with E-state index in [0.717, 1.165) is 16.8 Å². The lowest BCUT2D eigenvalue weighted by Crippen LogP contribution is -2.02. The summed E-state index contributed by atoms with van der Waals surface area (Å²) in [5.41, 5.74) is 9.96. The molecule has 0 saturated carbocycles. The van der Waals surface area contributed by atoms with Gasteiger partial charge in [-0.25, -0.2) is 9.97 Å². The van der Waals surface area contributed by atoms with E-state index in [0.29, 0.717) is 18.2 Å². The molecule has 0 aliphatic heterocycles. The summed E-state index contributed by atoms with van der Waals surface area (Å²) in [7, 11) is 1.63. The van der Waals surface area contributed by atoms with Crippen LogP contribution in [0.4, 0.5) is 5.82 Å². The van der Waals surface area contributed by atoms with E-state index >= 15 is 0 Å². The molecule has 0 atom stereocenters. The van der Waals surface area contributed by atoms with Crippen molar-refractivity contribution in [3.63, 3.8) is 0 Å². The number of aromatic nitrogens is 2. The average molecular weight is 243 g/mol. The van der Waals surface area contributed by atoms with Gasteiger partial charge in [0.2, 0.25) is 0 Å². The quantitative estimate of drug-likeness (QED) is 0.899. The number of benzene rings is 1. The predicted molar refractivity (Wildman–Crippen MR) is 72.1 cm³/mol. The fourth-order valence-electron chi connectivity index (χ4n) is 1.93. The zero-order chi connectivity index (χ0) is 13.1. The number of hydrogen-bond acceptors (Lipinski definition) is 4. The van der Waals surface area contributed by atoms with Crippen molar-refractivity contribution in [2.75, 3.05) is 12.8 Å². The number of anilines is 1. The van der Waals surface area contributed by atoms with Crippen LogP contribution in [0.15, 0.2) is 24.3 Å². The molecule has 4 nitrogen and oxygen atoms in total. The molecular weight excluding hydrogens is 226 g/mol. The largest absolute Gasteiger partial charge is 0.384 e. The number of nitrogens with two attached hydrogens (primary N) is 1. The minimum absolute atomic E-state index is 0.435. The minimum atomic E-state index is 0.435. The molecule has 2 N–H and O–H groups in total. The molecule has 0 amide bonds. The number of rotatable bonds is 3. The highest BCUT2D eigenvalue weighted by Crippen LogP contribution is 2.22. The van der Waals surface area contributed by atoms with Gasteiger partial charge in [-0.1, -0.05) is 23.8 Å². The Morgan fingerprint density at radius 3 is 2.61 bits per heavy atom. The molecule has 1 heterocycles. The molecule has 2 rings (SSSR count). The van der Waals surface area contributed by atoms with Gasteiger partial charge in [-0.05, 0) is 19.4 Å². The van der Waals surface area contributed by atoms with Crippen LogP contribution in [0.5, 0.6) is 0 Å². The summed E-state index contributed by atoms with van der Waals surface area (Å²) < 4.78 is 5.08. The lowest BCUT2D eigenvalue weighted by atomic mass is 10.1. The third-order valence-electron chi connectivity index (χ3n) is 2.71. The Labute approximate surface area is 107 Å². The van der Waals surface area contributed by atoms with Crippen LogP contribution >= 0.6 is 0 Å². The normalized spacial score (nSPS) is 10.6. The zero-order valence-electron chi connectivity index (χ0n) is 10.9. The molecule has 18 heavy (non-hydrogen) atoms. The van der Waals surface area contributed by atoms with Gasteiger partial charge >= 0.3 is 0 Å². The highest BCUT2D eigenvalue weighted by Gasteiger charge is 2.08. The highest BCUT2D eigenvalue weighted by atomic mass is 16.5. The maximum atomic E-state index is 5.80. The van der Waals surface area contributed by atoms with E-state index in [1.165, 1.54) is 5.56 Å². The van der Waals surface area contributed by atoms with E-state index in [-0.39, 0.29) is 0 Å². The first-order valence-corrected chi connectivity index (χ1v) is 5.80. The van der Waals surface area contributed by atoms with Crippen molar-refractivity contribution in [2.24, 2.45) is 0 Å². The maximum absolute atomic E-state index is 5.80. The summed E-state index contributed by atoms with van der Waals surface area (Å²) in [4.78, 5) is 8.76. The molecule has 1 aromatic carbocycles. The third-order valence-corrected chi connectivity index (χ3v) is 2.71. The van der Waals surface area contributed by atoms with Gasteiger partial charge in [0.1, 0.15) is 5.82 Å². The summed E-state index contributed by atoms with van der Waals surface area (Å²) >= 11 is 0. The zero-order valence-corrected chi connectivity index (χ0v) is 10.9. The third kappa shape index (κ3) is 2.65. The van der Waals surface area contributed by atoms with Gasteiger partial charge in [-0.3, -0.25) is 0 Å². The van der Waals surface area contributed by atoms with Crippen LogP contribution < -0.4 is 5.73 Å². The smallest absolute Gasteiger partial charge is 0.162 e. The Kier molecular flexibility index (Phi) is 3.58. The van der Waals surface area contributed by atoms with Crippen LogP contribution in [0, 0.1) is 13.8 Å². The SMILES string of the molecule is COCc1cc(N)nc(-c2ccc(C)cc2C)n1. The molecule has 0 saturated heterocycles. The second-order valence-electron chi connectivity index (χ2n) is 4.36. The monoisotopic (exact) mass is 243 g/mol. The molecule has 0 fully saturated rings. The molecule has 0 radical (unpaired) electrons. The molecule has 0 spiro atoms. The first-order chi connectivity index (χ1) is 8.60. The Hall–Kier alpha value is -1.94. The first-order valence-electron chi connectivity index (χ1n) is 5.80. The summed E-state index contributed by atoms with van der Waals surface area (Å²) in [5.74, 6) is 1.12. The highest BCUT2D eigenvalue weighted by molar-refractivity contribution is 5.62. The van der Waals surface area contributed by atoms with Crippen LogP contribution in [0.25, 0.3) is 11.4 Å². The van der Waals surface area contributed by atoms with Gasteiger partial charge in [-0.15, -0.1) is 0 Å². The number of nitrogens with zero attached hydrogens (tertiary/aromatic N) is 2. The summed E-state index contributed by atoms with van der Waals surface area (Å²) in [5, 5.41) is 0. The molecule has 1 aromatic heterocycles. The van der Waals surface area contributed by atoms with Gasteiger partial charge < -0.3 is 10.5 Å². The standard InChI is InChI=1S/C14H17N3O/c1-9-4-5-12(10(2)6-9)14-16-11(8-18-3)7-13(15)17-14/h4-7H,8H2,1-3H3,(H2,15,16,17). The van der Waals surface area contributed by atoms with Crippen molar-refractivity contribution < 1.29 is 4.74 Å². The Morgan fingerprint density at radius 2 is 1.94 bits per heavy atom. The molecule has 0 unspecified atom stereocenters. The topological polar surface area (TPSA) is 61.0 Å². The summed E-state index contributed by atoms with van der Waals surface area (Å²) in [6.07, 6.45) is 0. The average Bonchev–Trinajstić information content (AvgIpc) is 2.28. The van der Waals surface area contributed by atoms with Crippen molar-refractivity contribution >= 4 is 5.82 Å². The molecule has 0 aliphatic carbocycles. The minimum Gasteiger partial charge on any atom is -0.384 e. The van der Waals surface area contributed by atoms with E-state index in [4.69, 9.17) is 10.5 Å². The second kappa shape index (κ2) is 5.14. The van der Waals surface area contributed by atoms with E-state index in [9.17, 15) is 0 Å². The van der Waals surface area contributed by atoms with Crippen molar-refractivity contribution in [3.05, 3.63) is 41.1 Å². The Morgan fingerprint density at radius 1 is 1.17 bits per heavy atom. The summed E-state index contributed by atoms with van der Waals surface area (Å²) in [6, 6.07) is 7.91. The van der Waals surface area contributed by atoms with Crippen molar-refractivity contribution in [2.45, 2.75) is 20.5 Å². The van der Waals surface area contributed by atoms with E-state index in [1.807, 2.05) is 19.1 Å². The van der Waals surface area contributed by atoms with Gasteiger partial charge in [0, 0.05) is 18.7 Å². The van der Waals surface area contributed by atoms with Crippen molar-refractivity contribution in [1.29, 1.82) is 0 Å². The first kappa shape index (κ1) is 12.5. The predicted octanol–water partition coefficient (Wildman–Crippen LogP) is 2.49.